The van der Waals surface area contributed by atoms with E-state index in [1.807, 2.05) is 9.80 Å². The number of halogens is 3. The molecule has 8 heteroatoms. The summed E-state index contributed by atoms with van der Waals surface area (Å²) in [6, 6.07) is 2.51. The van der Waals surface area contributed by atoms with Gasteiger partial charge in [0.15, 0.2) is 0 Å². The van der Waals surface area contributed by atoms with E-state index in [0.717, 1.165) is 70.9 Å². The van der Waals surface area contributed by atoms with Crippen LogP contribution in [0.5, 0.6) is 0 Å². The van der Waals surface area contributed by atoms with Crippen molar-refractivity contribution in [3.05, 3.63) is 23.9 Å². The van der Waals surface area contributed by atoms with E-state index in [0.29, 0.717) is 18.2 Å². The van der Waals surface area contributed by atoms with E-state index in [4.69, 9.17) is 0 Å². The SMILES string of the molecule is CCN1CCN(C(=O)CC2CCN(c3ccc(C(F)(F)F)cn3)CC2)CC1. The van der Waals surface area contributed by atoms with Crippen LogP contribution in [0, 0.1) is 5.92 Å². The van der Waals surface area contributed by atoms with Gasteiger partial charge in [-0.3, -0.25) is 4.79 Å². The summed E-state index contributed by atoms with van der Waals surface area (Å²) in [6.07, 6.45) is -1.17. The highest BCUT2D eigenvalue weighted by Crippen LogP contribution is 2.30. The summed E-state index contributed by atoms with van der Waals surface area (Å²) in [6.45, 7) is 8.11. The minimum Gasteiger partial charge on any atom is -0.357 e. The van der Waals surface area contributed by atoms with Gasteiger partial charge in [0.25, 0.3) is 0 Å². The van der Waals surface area contributed by atoms with Crippen molar-refractivity contribution in [3.8, 4) is 0 Å². The van der Waals surface area contributed by atoms with Crippen molar-refractivity contribution >= 4 is 11.7 Å². The molecule has 0 saturated carbocycles. The number of hydrogen-bond acceptors (Lipinski definition) is 4. The number of anilines is 1. The van der Waals surface area contributed by atoms with Gasteiger partial charge in [-0.15, -0.1) is 0 Å². The van der Waals surface area contributed by atoms with Crippen molar-refractivity contribution in [2.75, 3.05) is 50.7 Å². The van der Waals surface area contributed by atoms with Crippen LogP contribution in [0.2, 0.25) is 0 Å². The van der Waals surface area contributed by atoms with Crippen LogP contribution in [0.25, 0.3) is 0 Å². The molecule has 2 aliphatic heterocycles. The molecule has 2 saturated heterocycles. The molecule has 2 fully saturated rings. The fourth-order valence-electron chi connectivity index (χ4n) is 3.80. The lowest BCUT2D eigenvalue weighted by molar-refractivity contribution is -0.138. The molecule has 0 aromatic carbocycles. The number of nitrogens with zero attached hydrogens (tertiary/aromatic N) is 4. The maximum atomic E-state index is 12.6. The van der Waals surface area contributed by atoms with Crippen LogP contribution in [0.15, 0.2) is 18.3 Å². The lowest BCUT2D eigenvalue weighted by Crippen LogP contribution is -2.49. The molecule has 0 unspecified atom stereocenters. The standard InChI is InChI=1S/C19H27F3N4O/c1-2-24-9-11-26(12-10-24)18(27)13-15-5-7-25(8-6-15)17-4-3-16(14-23-17)19(20,21)22/h3-4,14-15H,2,5-13H2,1H3. The number of aromatic nitrogens is 1. The maximum Gasteiger partial charge on any atom is 0.417 e. The quantitative estimate of drug-likeness (QED) is 0.800. The van der Waals surface area contributed by atoms with Crippen LogP contribution in [0.3, 0.4) is 0 Å². The van der Waals surface area contributed by atoms with Crippen molar-refractivity contribution in [1.29, 1.82) is 0 Å². The van der Waals surface area contributed by atoms with Gasteiger partial charge in [0.2, 0.25) is 5.91 Å². The molecule has 150 valence electrons. The number of piperidine rings is 1. The maximum absolute atomic E-state index is 12.6. The van der Waals surface area contributed by atoms with E-state index >= 15 is 0 Å². The van der Waals surface area contributed by atoms with E-state index in [1.54, 1.807) is 0 Å². The third kappa shape index (κ3) is 5.12. The number of likely N-dealkylation sites (N-methyl/N-ethyl adjacent to an activating group) is 1. The Bertz CT molecular complexity index is 619. The molecule has 3 heterocycles. The minimum atomic E-state index is -4.36. The molecule has 2 aliphatic rings. The summed E-state index contributed by atoms with van der Waals surface area (Å²) in [5.74, 6) is 1.15. The monoisotopic (exact) mass is 384 g/mol. The normalized spacial score (nSPS) is 20.1. The third-order valence-electron chi connectivity index (χ3n) is 5.65. The van der Waals surface area contributed by atoms with Gasteiger partial charge in [-0.25, -0.2) is 4.98 Å². The Hall–Kier alpha value is -1.83. The number of piperazine rings is 1. The van der Waals surface area contributed by atoms with Gasteiger partial charge in [0, 0.05) is 51.9 Å². The fraction of sp³-hybridized carbons (Fsp3) is 0.684. The number of carbonyl (C=O) groups excluding carboxylic acids is 1. The first-order valence-corrected chi connectivity index (χ1v) is 9.65. The van der Waals surface area contributed by atoms with E-state index in [9.17, 15) is 18.0 Å². The molecule has 3 rings (SSSR count). The Kier molecular flexibility index (Phi) is 6.24. The van der Waals surface area contributed by atoms with Gasteiger partial charge in [0.1, 0.15) is 5.82 Å². The van der Waals surface area contributed by atoms with Gasteiger partial charge in [0.05, 0.1) is 5.56 Å². The van der Waals surface area contributed by atoms with Crippen LogP contribution >= 0.6 is 0 Å². The smallest absolute Gasteiger partial charge is 0.357 e. The highest BCUT2D eigenvalue weighted by molar-refractivity contribution is 5.76. The second-order valence-corrected chi connectivity index (χ2v) is 7.35. The molecule has 5 nitrogen and oxygen atoms in total. The van der Waals surface area contributed by atoms with Gasteiger partial charge < -0.3 is 14.7 Å². The molecule has 0 radical (unpaired) electrons. The molecule has 1 aromatic rings. The van der Waals surface area contributed by atoms with Crippen LogP contribution < -0.4 is 4.90 Å². The highest BCUT2D eigenvalue weighted by atomic mass is 19.4. The van der Waals surface area contributed by atoms with Crippen LogP contribution in [0.1, 0.15) is 31.7 Å². The van der Waals surface area contributed by atoms with E-state index in [1.165, 1.54) is 6.07 Å². The summed E-state index contributed by atoms with van der Waals surface area (Å²) in [5.41, 5.74) is -0.727. The topological polar surface area (TPSA) is 39.7 Å². The Morgan fingerprint density at radius 3 is 2.30 bits per heavy atom. The zero-order chi connectivity index (χ0) is 19.4. The van der Waals surface area contributed by atoms with E-state index in [-0.39, 0.29) is 5.91 Å². The van der Waals surface area contributed by atoms with Crippen LogP contribution in [-0.4, -0.2) is 66.5 Å². The van der Waals surface area contributed by atoms with Gasteiger partial charge in [-0.2, -0.15) is 13.2 Å². The average molecular weight is 384 g/mol. The van der Waals surface area contributed by atoms with Crippen molar-refractivity contribution in [2.24, 2.45) is 5.92 Å². The molecule has 0 spiro atoms. The molecule has 0 aliphatic carbocycles. The minimum absolute atomic E-state index is 0.233. The van der Waals surface area contributed by atoms with E-state index < -0.39 is 11.7 Å². The molecular formula is C19H27F3N4O. The average Bonchev–Trinajstić information content (AvgIpc) is 2.68. The van der Waals surface area contributed by atoms with Crippen molar-refractivity contribution < 1.29 is 18.0 Å². The predicted octanol–water partition coefficient (Wildman–Crippen LogP) is 2.87. The zero-order valence-corrected chi connectivity index (χ0v) is 15.7. The fourth-order valence-corrected chi connectivity index (χ4v) is 3.80. The Balaban J connectivity index is 1.45. The largest absolute Gasteiger partial charge is 0.417 e. The second kappa shape index (κ2) is 8.46. The highest BCUT2D eigenvalue weighted by Gasteiger charge is 2.31. The summed E-state index contributed by atoms with van der Waals surface area (Å²) in [7, 11) is 0. The molecule has 1 amide bonds. The first kappa shape index (κ1) is 19.9. The first-order chi connectivity index (χ1) is 12.9. The number of carbonyl (C=O) groups is 1. The lowest BCUT2D eigenvalue weighted by atomic mass is 9.93. The zero-order valence-electron chi connectivity index (χ0n) is 15.7. The first-order valence-electron chi connectivity index (χ1n) is 9.65. The number of rotatable bonds is 4. The molecule has 0 bridgehead atoms. The van der Waals surface area contributed by atoms with Crippen molar-refractivity contribution in [1.82, 2.24) is 14.8 Å². The Morgan fingerprint density at radius 2 is 1.78 bits per heavy atom. The van der Waals surface area contributed by atoms with Gasteiger partial charge in [-0.1, -0.05) is 6.92 Å². The number of hydrogen-bond donors (Lipinski definition) is 0. The number of pyridine rings is 1. The number of amides is 1. The predicted molar refractivity (Wildman–Crippen MR) is 97.5 cm³/mol. The van der Waals surface area contributed by atoms with Crippen LogP contribution in [0.4, 0.5) is 19.0 Å². The molecule has 27 heavy (non-hydrogen) atoms. The number of alkyl halides is 3. The van der Waals surface area contributed by atoms with E-state index in [2.05, 4.69) is 16.8 Å². The van der Waals surface area contributed by atoms with Crippen LogP contribution in [-0.2, 0) is 11.0 Å². The molecule has 0 N–H and O–H groups in total. The second-order valence-electron chi connectivity index (χ2n) is 7.35. The molecule has 1 aromatic heterocycles. The van der Waals surface area contributed by atoms with Gasteiger partial charge in [-0.05, 0) is 37.4 Å². The van der Waals surface area contributed by atoms with Crippen molar-refractivity contribution in [3.63, 3.8) is 0 Å². The third-order valence-corrected chi connectivity index (χ3v) is 5.65. The summed E-state index contributed by atoms with van der Waals surface area (Å²) < 4.78 is 37.9. The lowest BCUT2D eigenvalue weighted by Gasteiger charge is -2.36. The molecule has 0 atom stereocenters. The Labute approximate surface area is 158 Å². The molecular weight excluding hydrogens is 357 g/mol. The van der Waals surface area contributed by atoms with Crippen molar-refractivity contribution in [2.45, 2.75) is 32.4 Å². The summed E-state index contributed by atoms with van der Waals surface area (Å²) in [5, 5.41) is 0. The van der Waals surface area contributed by atoms with Gasteiger partial charge >= 0.3 is 6.18 Å². The summed E-state index contributed by atoms with van der Waals surface area (Å²) in [4.78, 5) is 22.8. The summed E-state index contributed by atoms with van der Waals surface area (Å²) >= 11 is 0. The Morgan fingerprint density at radius 1 is 1.11 bits per heavy atom.